The van der Waals surface area contributed by atoms with E-state index >= 15 is 0 Å². The number of ether oxygens (including phenoxy) is 1. The number of carbonyl (C=O) groups excluding carboxylic acids is 1. The van der Waals surface area contributed by atoms with Gasteiger partial charge in [0.25, 0.3) is 0 Å². The first-order chi connectivity index (χ1) is 14.4. The second-order valence-electron chi connectivity index (χ2n) is 9.15. The van der Waals surface area contributed by atoms with Crippen LogP contribution in [-0.4, -0.2) is 52.5 Å². The fraction of sp³-hybridized carbons (Fsp3) is 0.667. The molecular formula is C24H35NO5. The molecule has 2 unspecified atom stereocenters. The van der Waals surface area contributed by atoms with Crippen LogP contribution in [0.3, 0.4) is 0 Å². The highest BCUT2D eigenvalue weighted by molar-refractivity contribution is 5.77. The summed E-state index contributed by atoms with van der Waals surface area (Å²) in [6.07, 6.45) is 2.89. The van der Waals surface area contributed by atoms with Crippen LogP contribution in [0.1, 0.15) is 51.5 Å². The number of nitrogens with zero attached hydrogens (tertiary/aromatic N) is 1. The zero-order valence-electron chi connectivity index (χ0n) is 18.1. The minimum atomic E-state index is -1.23. The molecule has 6 heteroatoms. The van der Waals surface area contributed by atoms with Gasteiger partial charge in [-0.1, -0.05) is 44.2 Å². The van der Waals surface area contributed by atoms with E-state index in [1.807, 2.05) is 30.3 Å². The number of amides is 1. The second kappa shape index (κ2) is 10.3. The first-order valence-corrected chi connectivity index (χ1v) is 11.2. The maximum atomic E-state index is 12.7. The second-order valence-corrected chi connectivity index (χ2v) is 9.15. The van der Waals surface area contributed by atoms with Crippen molar-refractivity contribution in [2.45, 2.75) is 64.5 Å². The molecule has 1 heterocycles. The van der Waals surface area contributed by atoms with Gasteiger partial charge in [-0.2, -0.15) is 0 Å². The fourth-order valence-electron chi connectivity index (χ4n) is 5.26. The van der Waals surface area contributed by atoms with Crippen molar-refractivity contribution in [2.75, 3.05) is 13.2 Å². The molecule has 2 fully saturated rings. The molecule has 1 aliphatic heterocycles. The van der Waals surface area contributed by atoms with Crippen molar-refractivity contribution in [3.8, 4) is 0 Å². The van der Waals surface area contributed by atoms with Crippen LogP contribution in [-0.2, 0) is 16.0 Å². The van der Waals surface area contributed by atoms with E-state index in [1.165, 1.54) is 0 Å². The predicted octanol–water partition coefficient (Wildman–Crippen LogP) is 3.96. The van der Waals surface area contributed by atoms with Crippen molar-refractivity contribution in [1.29, 1.82) is 0 Å². The lowest BCUT2D eigenvalue weighted by Gasteiger charge is -2.40. The van der Waals surface area contributed by atoms with Crippen molar-refractivity contribution >= 4 is 12.1 Å². The Kier molecular flexibility index (Phi) is 7.75. The summed E-state index contributed by atoms with van der Waals surface area (Å²) in [5.41, 5.74) is 1.13. The average molecular weight is 418 g/mol. The molecule has 1 amide bonds. The van der Waals surface area contributed by atoms with Crippen LogP contribution >= 0.6 is 0 Å². The molecule has 1 saturated carbocycles. The number of hydrogen-bond donors (Lipinski definition) is 2. The summed E-state index contributed by atoms with van der Waals surface area (Å²) < 4.78 is 4.66. The van der Waals surface area contributed by atoms with Gasteiger partial charge in [-0.05, 0) is 61.3 Å². The van der Waals surface area contributed by atoms with Gasteiger partial charge in [0, 0.05) is 19.0 Å². The lowest BCUT2D eigenvalue weighted by atomic mass is 9.86. The number of piperidine rings is 1. The third-order valence-corrected chi connectivity index (χ3v) is 7.07. The molecule has 1 aromatic carbocycles. The summed E-state index contributed by atoms with van der Waals surface area (Å²) in [7, 11) is 0. The molecule has 1 saturated heterocycles. The Morgan fingerprint density at radius 3 is 2.70 bits per heavy atom. The summed E-state index contributed by atoms with van der Waals surface area (Å²) in [4.78, 5) is 25.3. The minimum absolute atomic E-state index is 0.167. The van der Waals surface area contributed by atoms with E-state index < -0.39 is 12.3 Å². The summed E-state index contributed by atoms with van der Waals surface area (Å²) in [6, 6.07) is 10.2. The van der Waals surface area contributed by atoms with Crippen LogP contribution in [0.4, 0.5) is 4.79 Å². The molecule has 0 aromatic heterocycles. The van der Waals surface area contributed by atoms with Gasteiger partial charge in [-0.15, -0.1) is 0 Å². The van der Waals surface area contributed by atoms with E-state index in [4.69, 9.17) is 5.11 Å². The molecule has 2 N–H and O–H groups in total. The topological polar surface area (TPSA) is 87.1 Å². The SMILES string of the molecule is C[C@@H](CC(O)Cc1ccccc1)[C@H]1CCCC(=O)N1C[C@H]1C(CCOC(=O)O)[C@@H]1C. The predicted molar refractivity (Wildman–Crippen MR) is 114 cm³/mol. The summed E-state index contributed by atoms with van der Waals surface area (Å²) in [5, 5.41) is 19.3. The quantitative estimate of drug-likeness (QED) is 0.563. The molecule has 166 valence electrons. The van der Waals surface area contributed by atoms with Crippen molar-refractivity contribution in [1.82, 2.24) is 4.90 Å². The van der Waals surface area contributed by atoms with Crippen LogP contribution in [0.15, 0.2) is 30.3 Å². The summed E-state index contributed by atoms with van der Waals surface area (Å²) in [6.45, 7) is 5.29. The Balaban J connectivity index is 1.53. The van der Waals surface area contributed by atoms with Gasteiger partial charge in [-0.25, -0.2) is 4.79 Å². The van der Waals surface area contributed by atoms with Crippen LogP contribution in [0.25, 0.3) is 0 Å². The highest BCUT2D eigenvalue weighted by Crippen LogP contribution is 2.49. The first kappa shape index (κ1) is 22.6. The van der Waals surface area contributed by atoms with Crippen LogP contribution in [0.2, 0.25) is 0 Å². The smallest absolute Gasteiger partial charge is 0.450 e. The molecule has 0 bridgehead atoms. The zero-order valence-corrected chi connectivity index (χ0v) is 18.1. The van der Waals surface area contributed by atoms with E-state index in [-0.39, 0.29) is 24.5 Å². The number of aliphatic hydroxyl groups excluding tert-OH is 1. The van der Waals surface area contributed by atoms with Crippen LogP contribution in [0.5, 0.6) is 0 Å². The van der Waals surface area contributed by atoms with Crippen molar-refractivity contribution < 1.29 is 24.5 Å². The summed E-state index contributed by atoms with van der Waals surface area (Å²) in [5.74, 6) is 1.76. The van der Waals surface area contributed by atoms with E-state index in [0.717, 1.165) is 31.4 Å². The van der Waals surface area contributed by atoms with Crippen LogP contribution < -0.4 is 0 Å². The number of carboxylic acid groups (broad SMARTS) is 1. The number of likely N-dealkylation sites (tertiary alicyclic amines) is 1. The molecule has 0 radical (unpaired) electrons. The van der Waals surface area contributed by atoms with Crippen molar-refractivity contribution in [3.63, 3.8) is 0 Å². The Hall–Kier alpha value is -2.08. The van der Waals surface area contributed by atoms with Crippen LogP contribution in [0, 0.1) is 23.7 Å². The lowest BCUT2D eigenvalue weighted by Crippen LogP contribution is -2.48. The highest BCUT2D eigenvalue weighted by Gasteiger charge is 2.48. The fourth-order valence-corrected chi connectivity index (χ4v) is 5.26. The van der Waals surface area contributed by atoms with E-state index in [2.05, 4.69) is 23.5 Å². The molecular weight excluding hydrogens is 382 g/mol. The maximum absolute atomic E-state index is 12.7. The van der Waals surface area contributed by atoms with Gasteiger partial charge in [0.1, 0.15) is 0 Å². The Bertz CT molecular complexity index is 709. The average Bonchev–Trinajstić information content (AvgIpc) is 3.31. The Morgan fingerprint density at radius 1 is 1.27 bits per heavy atom. The normalized spacial score (nSPS) is 28.1. The molecule has 2 aliphatic rings. The van der Waals surface area contributed by atoms with E-state index in [0.29, 0.717) is 37.0 Å². The number of rotatable bonds is 10. The largest absolute Gasteiger partial charge is 0.505 e. The van der Waals surface area contributed by atoms with Crippen molar-refractivity contribution in [3.05, 3.63) is 35.9 Å². The number of hydrogen-bond acceptors (Lipinski definition) is 4. The molecule has 30 heavy (non-hydrogen) atoms. The lowest BCUT2D eigenvalue weighted by molar-refractivity contribution is -0.138. The van der Waals surface area contributed by atoms with Gasteiger partial charge in [0.15, 0.2) is 0 Å². The third kappa shape index (κ3) is 5.97. The van der Waals surface area contributed by atoms with E-state index in [1.54, 1.807) is 0 Å². The number of benzene rings is 1. The molecule has 1 aliphatic carbocycles. The third-order valence-electron chi connectivity index (χ3n) is 7.07. The first-order valence-electron chi connectivity index (χ1n) is 11.2. The molecule has 1 aromatic rings. The van der Waals surface area contributed by atoms with Crippen molar-refractivity contribution in [2.24, 2.45) is 23.7 Å². The molecule has 6 atom stereocenters. The molecule has 3 rings (SSSR count). The van der Waals surface area contributed by atoms with Gasteiger partial charge >= 0.3 is 6.16 Å². The zero-order chi connectivity index (χ0) is 21.7. The monoisotopic (exact) mass is 417 g/mol. The number of aliphatic hydroxyl groups is 1. The van der Waals surface area contributed by atoms with Gasteiger partial charge in [0.2, 0.25) is 5.91 Å². The number of carbonyl (C=O) groups is 2. The standard InChI is InChI=1S/C24H35NO5/c1-16(13-19(26)14-18-7-4-3-5-8-18)22-9-6-10-23(27)25(22)15-21-17(2)20(21)11-12-30-24(28)29/h3-5,7-8,16-17,19-22,26H,6,9-15H2,1-2H3,(H,28,29)/t16-,17-,19?,20?,21+,22+/m0/s1. The molecule has 0 spiro atoms. The molecule has 6 nitrogen and oxygen atoms in total. The van der Waals surface area contributed by atoms with Gasteiger partial charge in [0.05, 0.1) is 12.7 Å². The Morgan fingerprint density at radius 2 is 2.00 bits per heavy atom. The maximum Gasteiger partial charge on any atom is 0.505 e. The van der Waals surface area contributed by atoms with E-state index in [9.17, 15) is 14.7 Å². The van der Waals surface area contributed by atoms with Gasteiger partial charge in [-0.3, -0.25) is 4.79 Å². The highest BCUT2D eigenvalue weighted by atomic mass is 16.7. The van der Waals surface area contributed by atoms with Gasteiger partial charge < -0.3 is 19.8 Å². The Labute approximate surface area is 179 Å². The summed E-state index contributed by atoms with van der Waals surface area (Å²) >= 11 is 0. The minimum Gasteiger partial charge on any atom is -0.450 e.